The summed E-state index contributed by atoms with van der Waals surface area (Å²) in [6, 6.07) is 0. The van der Waals surface area contributed by atoms with Crippen LogP contribution in [0.2, 0.25) is 0 Å². The van der Waals surface area contributed by atoms with E-state index in [9.17, 15) is 4.48 Å². The number of nitrogens with two attached hydrogens (primary N) is 1. The number of nitrogens with zero attached hydrogens (tertiary/aromatic N) is 4. The molecule has 0 amide bonds. The summed E-state index contributed by atoms with van der Waals surface area (Å²) in [5.41, 5.74) is 5.73. The van der Waals surface area contributed by atoms with Crippen LogP contribution < -0.4 is 5.73 Å². The molecule has 0 aliphatic rings. The largest absolute Gasteiger partial charge is 0.382 e. The van der Waals surface area contributed by atoms with E-state index in [4.69, 9.17) is 5.73 Å². The van der Waals surface area contributed by atoms with Crippen molar-refractivity contribution in [3.63, 3.8) is 0 Å². The number of halogens is 1. The van der Waals surface area contributed by atoms with Crippen molar-refractivity contribution in [3.05, 3.63) is 12.7 Å². The van der Waals surface area contributed by atoms with E-state index in [0.717, 1.165) is 6.33 Å². The Morgan fingerprint density at radius 1 is 1.36 bits per heavy atom. The minimum atomic E-state index is 0.0926. The Labute approximate surface area is 60.6 Å². The Kier molecular flexibility index (Phi) is 1.03. The van der Waals surface area contributed by atoms with E-state index in [1.54, 1.807) is 0 Å². The van der Waals surface area contributed by atoms with E-state index >= 15 is 0 Å². The minimum Gasteiger partial charge on any atom is -0.382 e. The summed E-state index contributed by atoms with van der Waals surface area (Å²) in [5.74, 6) is 0.0926. The smallest absolute Gasteiger partial charge is 0.185 e. The van der Waals surface area contributed by atoms with Crippen molar-refractivity contribution >= 4 is 17.0 Å². The molecule has 56 valence electrons. The molecule has 2 heterocycles. The first-order chi connectivity index (χ1) is 5.29. The van der Waals surface area contributed by atoms with E-state index < -0.39 is 0 Å². The number of fused-ring (bicyclic) bond motifs is 1. The van der Waals surface area contributed by atoms with Gasteiger partial charge in [0.05, 0.1) is 0 Å². The van der Waals surface area contributed by atoms with Gasteiger partial charge in [-0.1, -0.05) is 4.48 Å². The maximum Gasteiger partial charge on any atom is 0.185 e. The van der Waals surface area contributed by atoms with E-state index in [2.05, 4.69) is 15.0 Å². The standard InChI is InChI=1S/C5H4FN5/c6-11-2-10-5-3(11)4(7)8-1-9-5/h1-2H,(H2,7,8,9). The lowest BCUT2D eigenvalue weighted by Gasteiger charge is -1.92. The van der Waals surface area contributed by atoms with Crippen LogP contribution in [-0.4, -0.2) is 19.7 Å². The number of rotatable bonds is 0. The monoisotopic (exact) mass is 153 g/mol. The van der Waals surface area contributed by atoms with Crippen molar-refractivity contribution in [1.29, 1.82) is 0 Å². The molecule has 0 aliphatic heterocycles. The van der Waals surface area contributed by atoms with Crippen LogP contribution in [0.1, 0.15) is 0 Å². The Bertz CT molecular complexity index is 395. The average molecular weight is 153 g/mol. The molecule has 0 atom stereocenters. The SMILES string of the molecule is Nc1ncnc2ncn(F)c12. The van der Waals surface area contributed by atoms with Crippen LogP contribution in [0.25, 0.3) is 11.2 Å². The fourth-order valence-electron chi connectivity index (χ4n) is 0.845. The van der Waals surface area contributed by atoms with Crippen molar-refractivity contribution in [3.8, 4) is 0 Å². The van der Waals surface area contributed by atoms with Crippen molar-refractivity contribution in [2.75, 3.05) is 5.73 Å². The second kappa shape index (κ2) is 1.88. The van der Waals surface area contributed by atoms with Crippen LogP contribution in [0.5, 0.6) is 0 Å². The van der Waals surface area contributed by atoms with Gasteiger partial charge < -0.3 is 5.73 Å². The maximum atomic E-state index is 12.7. The number of nitrogen functional groups attached to an aromatic ring is 1. The predicted octanol–water partition coefficient (Wildman–Crippen LogP) is 0.141. The first-order valence-corrected chi connectivity index (χ1v) is 2.88. The molecule has 0 radical (unpaired) electrons. The molecular weight excluding hydrogens is 149 g/mol. The van der Waals surface area contributed by atoms with Gasteiger partial charge in [-0.3, -0.25) is 0 Å². The first kappa shape index (κ1) is 6.02. The highest BCUT2D eigenvalue weighted by Gasteiger charge is 2.06. The highest BCUT2D eigenvalue weighted by molar-refractivity contribution is 5.80. The van der Waals surface area contributed by atoms with Gasteiger partial charge in [0.25, 0.3) is 0 Å². The lowest BCUT2D eigenvalue weighted by atomic mass is 10.5. The summed E-state index contributed by atoms with van der Waals surface area (Å²) in [6.45, 7) is 0. The average Bonchev–Trinajstić information content (AvgIpc) is 2.34. The van der Waals surface area contributed by atoms with Crippen LogP contribution in [0.4, 0.5) is 10.3 Å². The van der Waals surface area contributed by atoms with Crippen LogP contribution in [0.15, 0.2) is 12.7 Å². The fraction of sp³-hybridized carbons (Fsp3) is 0. The molecule has 6 heteroatoms. The number of imidazole rings is 1. The quantitative estimate of drug-likeness (QED) is 0.584. The molecule has 11 heavy (non-hydrogen) atoms. The molecule has 0 spiro atoms. The zero-order valence-corrected chi connectivity index (χ0v) is 5.40. The zero-order chi connectivity index (χ0) is 7.84. The van der Waals surface area contributed by atoms with Gasteiger partial charge in [-0.15, -0.1) is 0 Å². The number of aromatic nitrogens is 4. The molecule has 0 unspecified atom stereocenters. The number of anilines is 1. The lowest BCUT2D eigenvalue weighted by Crippen LogP contribution is -1.94. The molecule has 0 saturated heterocycles. The van der Waals surface area contributed by atoms with Gasteiger partial charge >= 0.3 is 0 Å². The molecular formula is C5H4FN5. The summed E-state index contributed by atoms with van der Waals surface area (Å²) >= 11 is 0. The van der Waals surface area contributed by atoms with Gasteiger partial charge in [0.1, 0.15) is 12.7 Å². The van der Waals surface area contributed by atoms with Crippen molar-refractivity contribution in [2.45, 2.75) is 0 Å². The van der Waals surface area contributed by atoms with Crippen molar-refractivity contribution < 1.29 is 4.48 Å². The van der Waals surface area contributed by atoms with Gasteiger partial charge in [0.2, 0.25) is 0 Å². The molecule has 0 saturated carbocycles. The Morgan fingerprint density at radius 2 is 2.18 bits per heavy atom. The molecule has 2 aromatic heterocycles. The second-order valence-electron chi connectivity index (χ2n) is 1.99. The van der Waals surface area contributed by atoms with Gasteiger partial charge in [-0.05, 0) is 0 Å². The minimum absolute atomic E-state index is 0.0926. The van der Waals surface area contributed by atoms with E-state index in [-0.39, 0.29) is 17.0 Å². The molecule has 5 nitrogen and oxygen atoms in total. The molecule has 0 aromatic carbocycles. The summed E-state index contributed by atoms with van der Waals surface area (Å²) < 4.78 is 12.7. The van der Waals surface area contributed by atoms with Crippen LogP contribution in [0.3, 0.4) is 0 Å². The summed E-state index contributed by atoms with van der Waals surface area (Å²) in [7, 11) is 0. The van der Waals surface area contributed by atoms with Gasteiger partial charge in [0.15, 0.2) is 17.0 Å². The molecule has 2 aromatic rings. The third-order valence-electron chi connectivity index (χ3n) is 1.33. The second-order valence-corrected chi connectivity index (χ2v) is 1.99. The van der Waals surface area contributed by atoms with Gasteiger partial charge in [-0.2, -0.15) is 4.79 Å². The third kappa shape index (κ3) is 0.721. The molecule has 0 fully saturated rings. The molecule has 2 rings (SSSR count). The zero-order valence-electron chi connectivity index (χ0n) is 5.40. The van der Waals surface area contributed by atoms with E-state index in [1.807, 2.05) is 0 Å². The third-order valence-corrected chi connectivity index (χ3v) is 1.33. The van der Waals surface area contributed by atoms with E-state index in [1.165, 1.54) is 6.33 Å². The van der Waals surface area contributed by atoms with Crippen LogP contribution >= 0.6 is 0 Å². The highest BCUT2D eigenvalue weighted by Crippen LogP contribution is 2.13. The van der Waals surface area contributed by atoms with Crippen molar-refractivity contribution in [1.82, 2.24) is 19.7 Å². The highest BCUT2D eigenvalue weighted by atomic mass is 19.2. The topological polar surface area (TPSA) is 69.6 Å². The van der Waals surface area contributed by atoms with Crippen LogP contribution in [0, 0.1) is 0 Å². The van der Waals surface area contributed by atoms with E-state index in [0.29, 0.717) is 4.79 Å². The molecule has 0 bridgehead atoms. The predicted molar refractivity (Wildman–Crippen MR) is 36.2 cm³/mol. The number of hydrogen-bond donors (Lipinski definition) is 1. The van der Waals surface area contributed by atoms with Gasteiger partial charge in [-0.25, -0.2) is 15.0 Å². The molecule has 2 N–H and O–H groups in total. The maximum absolute atomic E-state index is 12.7. The fourth-order valence-corrected chi connectivity index (χ4v) is 0.845. The summed E-state index contributed by atoms with van der Waals surface area (Å²) in [6.07, 6.45) is 2.24. The normalized spacial score (nSPS) is 10.6. The van der Waals surface area contributed by atoms with Crippen LogP contribution in [-0.2, 0) is 0 Å². The molecule has 0 aliphatic carbocycles. The lowest BCUT2D eigenvalue weighted by molar-refractivity contribution is 0.384. The first-order valence-electron chi connectivity index (χ1n) is 2.88. The Balaban J connectivity index is 2.96. The van der Waals surface area contributed by atoms with Gasteiger partial charge in [0, 0.05) is 0 Å². The Morgan fingerprint density at radius 3 is 2.91 bits per heavy atom. The summed E-state index contributed by atoms with van der Waals surface area (Å²) in [4.78, 5) is 11.2. The number of hydrogen-bond acceptors (Lipinski definition) is 4. The Hall–Kier alpha value is -1.72. The summed E-state index contributed by atoms with van der Waals surface area (Å²) in [5, 5.41) is 0. The van der Waals surface area contributed by atoms with Crippen molar-refractivity contribution in [2.24, 2.45) is 0 Å².